The Morgan fingerprint density at radius 3 is 2.77 bits per heavy atom. The molecule has 0 fully saturated rings. The number of benzene rings is 2. The lowest BCUT2D eigenvalue weighted by Gasteiger charge is -2.13. The number of nitrogens with zero attached hydrogens (tertiary/aromatic N) is 3. The molecule has 0 radical (unpaired) electrons. The zero-order chi connectivity index (χ0) is 20.5. The van der Waals surface area contributed by atoms with Crippen LogP contribution in [0.15, 0.2) is 66.9 Å². The third-order valence-corrected chi connectivity index (χ3v) is 5.43. The number of aromatic nitrogens is 3. The molecule has 0 bridgehead atoms. The molecule has 2 aromatic carbocycles. The molecule has 0 spiro atoms. The number of fused-ring (bicyclic) bond motifs is 2. The lowest BCUT2D eigenvalue weighted by Crippen LogP contribution is -2.34. The van der Waals surface area contributed by atoms with Gasteiger partial charge in [0.2, 0.25) is 0 Å². The fourth-order valence-corrected chi connectivity index (χ4v) is 3.89. The Morgan fingerprint density at radius 1 is 1.17 bits per heavy atom. The molecule has 0 saturated carbocycles. The van der Waals surface area contributed by atoms with Gasteiger partial charge in [-0.15, -0.1) is 0 Å². The predicted molar refractivity (Wildman–Crippen MR) is 116 cm³/mol. The Morgan fingerprint density at radius 2 is 1.97 bits per heavy atom. The van der Waals surface area contributed by atoms with Crippen molar-refractivity contribution < 1.29 is 9.53 Å². The number of hydrogen-bond donors (Lipinski definition) is 1. The average Bonchev–Trinajstić information content (AvgIpc) is 3.40. The molecule has 1 unspecified atom stereocenters. The standard InChI is InChI=1S/C24H22N4O2/c1-2-28-23-20(15-26-28)19(13-21(27-23)16-8-4-3-5-9-16)24(29)25-14-18-12-17-10-6-7-11-22(17)30-18/h3-11,13,15,18H,2,12,14H2,1H3,(H,25,29). The maximum Gasteiger partial charge on any atom is 0.252 e. The van der Waals surface area contributed by atoms with Crippen molar-refractivity contribution in [2.75, 3.05) is 6.54 Å². The molecule has 6 nitrogen and oxygen atoms in total. The number of amides is 1. The van der Waals surface area contributed by atoms with Gasteiger partial charge in [0.25, 0.3) is 5.91 Å². The molecular formula is C24H22N4O2. The highest BCUT2D eigenvalue weighted by atomic mass is 16.5. The van der Waals surface area contributed by atoms with Crippen LogP contribution in [0.2, 0.25) is 0 Å². The van der Waals surface area contributed by atoms with Gasteiger partial charge in [-0.2, -0.15) is 5.10 Å². The molecule has 30 heavy (non-hydrogen) atoms. The first kappa shape index (κ1) is 18.4. The maximum absolute atomic E-state index is 13.1. The highest BCUT2D eigenvalue weighted by Gasteiger charge is 2.24. The zero-order valence-corrected chi connectivity index (χ0v) is 16.7. The van der Waals surface area contributed by atoms with Crippen molar-refractivity contribution >= 4 is 16.9 Å². The molecule has 6 heteroatoms. The van der Waals surface area contributed by atoms with Gasteiger partial charge in [-0.05, 0) is 24.6 Å². The summed E-state index contributed by atoms with van der Waals surface area (Å²) in [5.41, 5.74) is 4.20. The van der Waals surface area contributed by atoms with E-state index in [1.807, 2.05) is 66.2 Å². The van der Waals surface area contributed by atoms with E-state index in [0.29, 0.717) is 24.3 Å². The minimum atomic E-state index is -0.144. The number of rotatable bonds is 5. The number of ether oxygens (including phenoxy) is 1. The molecule has 1 aliphatic rings. The van der Waals surface area contributed by atoms with Gasteiger partial charge in [-0.25, -0.2) is 9.67 Å². The fourth-order valence-electron chi connectivity index (χ4n) is 3.89. The SMILES string of the molecule is CCn1ncc2c(C(=O)NCC3Cc4ccccc4O3)cc(-c3ccccc3)nc21. The van der Waals surface area contributed by atoms with E-state index in [2.05, 4.69) is 16.5 Å². The van der Waals surface area contributed by atoms with Crippen LogP contribution in [-0.2, 0) is 13.0 Å². The number of pyridine rings is 1. The number of hydrogen-bond acceptors (Lipinski definition) is 4. The summed E-state index contributed by atoms with van der Waals surface area (Å²) in [5.74, 6) is 0.758. The molecule has 2 aromatic heterocycles. The maximum atomic E-state index is 13.1. The Bertz CT molecular complexity index is 1190. The van der Waals surface area contributed by atoms with Crippen molar-refractivity contribution in [2.24, 2.45) is 0 Å². The summed E-state index contributed by atoms with van der Waals surface area (Å²) in [4.78, 5) is 17.9. The molecular weight excluding hydrogens is 376 g/mol. The van der Waals surface area contributed by atoms with Crippen LogP contribution in [-0.4, -0.2) is 33.3 Å². The van der Waals surface area contributed by atoms with Crippen LogP contribution in [0.4, 0.5) is 0 Å². The lowest BCUT2D eigenvalue weighted by molar-refractivity contribution is 0.0935. The van der Waals surface area contributed by atoms with E-state index in [1.54, 1.807) is 6.20 Å². The van der Waals surface area contributed by atoms with E-state index in [0.717, 1.165) is 28.8 Å². The van der Waals surface area contributed by atoms with Crippen LogP contribution in [0.25, 0.3) is 22.3 Å². The summed E-state index contributed by atoms with van der Waals surface area (Å²) in [6.45, 7) is 3.14. The lowest BCUT2D eigenvalue weighted by atomic mass is 10.1. The Labute approximate surface area is 174 Å². The number of carbonyl (C=O) groups excluding carboxylic acids is 1. The summed E-state index contributed by atoms with van der Waals surface area (Å²) < 4.78 is 7.77. The van der Waals surface area contributed by atoms with Crippen LogP contribution in [0.3, 0.4) is 0 Å². The molecule has 5 rings (SSSR count). The summed E-state index contributed by atoms with van der Waals surface area (Å²) in [5, 5.41) is 8.21. The zero-order valence-electron chi connectivity index (χ0n) is 16.7. The van der Waals surface area contributed by atoms with Crippen molar-refractivity contribution in [3.05, 3.63) is 78.0 Å². The van der Waals surface area contributed by atoms with Crippen LogP contribution in [0, 0.1) is 0 Å². The topological polar surface area (TPSA) is 69.0 Å². The second-order valence-corrected chi connectivity index (χ2v) is 7.38. The normalized spacial score (nSPS) is 15.0. The largest absolute Gasteiger partial charge is 0.488 e. The van der Waals surface area contributed by atoms with Gasteiger partial charge in [-0.3, -0.25) is 4.79 Å². The number of nitrogens with one attached hydrogen (secondary N) is 1. The highest BCUT2D eigenvalue weighted by molar-refractivity contribution is 6.06. The van der Waals surface area contributed by atoms with Crippen LogP contribution in [0.1, 0.15) is 22.8 Å². The quantitative estimate of drug-likeness (QED) is 0.554. The van der Waals surface area contributed by atoms with Crippen molar-refractivity contribution in [1.29, 1.82) is 0 Å². The number of aryl methyl sites for hydroxylation is 1. The molecule has 0 aliphatic carbocycles. The van der Waals surface area contributed by atoms with Gasteiger partial charge >= 0.3 is 0 Å². The Balaban J connectivity index is 1.43. The van der Waals surface area contributed by atoms with E-state index >= 15 is 0 Å². The Kier molecular flexibility index (Phi) is 4.67. The van der Waals surface area contributed by atoms with Gasteiger partial charge in [0.1, 0.15) is 11.9 Å². The number of para-hydroxylation sites is 1. The second kappa shape index (κ2) is 7.63. The van der Waals surface area contributed by atoms with Crippen LogP contribution < -0.4 is 10.1 Å². The minimum absolute atomic E-state index is 0.0596. The third kappa shape index (κ3) is 3.30. The van der Waals surface area contributed by atoms with Gasteiger partial charge in [0, 0.05) is 18.5 Å². The third-order valence-electron chi connectivity index (χ3n) is 5.43. The minimum Gasteiger partial charge on any atom is -0.488 e. The first-order valence-electron chi connectivity index (χ1n) is 10.2. The molecule has 1 amide bonds. The van der Waals surface area contributed by atoms with Gasteiger partial charge < -0.3 is 10.1 Å². The van der Waals surface area contributed by atoms with E-state index in [1.165, 1.54) is 5.56 Å². The highest BCUT2D eigenvalue weighted by Crippen LogP contribution is 2.28. The Hall–Kier alpha value is -3.67. The van der Waals surface area contributed by atoms with Crippen molar-refractivity contribution in [3.8, 4) is 17.0 Å². The van der Waals surface area contributed by atoms with Crippen molar-refractivity contribution in [1.82, 2.24) is 20.1 Å². The molecule has 1 aliphatic heterocycles. The fraction of sp³-hybridized carbons (Fsp3) is 0.208. The predicted octanol–water partition coefficient (Wildman–Crippen LogP) is 3.85. The van der Waals surface area contributed by atoms with E-state index in [9.17, 15) is 4.79 Å². The molecule has 0 saturated heterocycles. The second-order valence-electron chi connectivity index (χ2n) is 7.38. The summed E-state index contributed by atoms with van der Waals surface area (Å²) in [6.07, 6.45) is 2.46. The molecule has 150 valence electrons. The van der Waals surface area contributed by atoms with Gasteiger partial charge in [0.15, 0.2) is 5.65 Å². The van der Waals surface area contributed by atoms with Crippen molar-refractivity contribution in [2.45, 2.75) is 26.0 Å². The first-order valence-corrected chi connectivity index (χ1v) is 10.2. The summed E-state index contributed by atoms with van der Waals surface area (Å²) >= 11 is 0. The summed E-state index contributed by atoms with van der Waals surface area (Å²) in [6, 6.07) is 19.7. The van der Waals surface area contributed by atoms with E-state index in [4.69, 9.17) is 9.72 Å². The van der Waals surface area contributed by atoms with Gasteiger partial charge in [-0.1, -0.05) is 48.5 Å². The molecule has 3 heterocycles. The molecule has 1 atom stereocenters. The van der Waals surface area contributed by atoms with Crippen molar-refractivity contribution in [3.63, 3.8) is 0 Å². The molecule has 1 N–H and O–H groups in total. The molecule has 4 aromatic rings. The number of carbonyl (C=O) groups is 1. The van der Waals surface area contributed by atoms with Crippen LogP contribution >= 0.6 is 0 Å². The monoisotopic (exact) mass is 398 g/mol. The van der Waals surface area contributed by atoms with E-state index in [-0.39, 0.29) is 12.0 Å². The smallest absolute Gasteiger partial charge is 0.252 e. The van der Waals surface area contributed by atoms with E-state index < -0.39 is 0 Å². The van der Waals surface area contributed by atoms with Gasteiger partial charge in [0.05, 0.1) is 29.4 Å². The van der Waals surface area contributed by atoms with Crippen LogP contribution in [0.5, 0.6) is 5.75 Å². The first-order chi connectivity index (χ1) is 14.7. The summed E-state index contributed by atoms with van der Waals surface area (Å²) in [7, 11) is 0. The average molecular weight is 398 g/mol.